The van der Waals surface area contributed by atoms with Gasteiger partial charge in [-0.3, -0.25) is 4.79 Å². The van der Waals surface area contributed by atoms with Gasteiger partial charge in [0.2, 0.25) is 0 Å². The summed E-state index contributed by atoms with van der Waals surface area (Å²) >= 11 is 0. The summed E-state index contributed by atoms with van der Waals surface area (Å²) in [6.07, 6.45) is 0.753. The van der Waals surface area contributed by atoms with E-state index in [0.29, 0.717) is 24.5 Å². The van der Waals surface area contributed by atoms with Gasteiger partial charge >= 0.3 is 0 Å². The van der Waals surface area contributed by atoms with Crippen LogP contribution in [0.25, 0.3) is 0 Å². The van der Waals surface area contributed by atoms with Gasteiger partial charge in [-0.05, 0) is 12.1 Å². The Morgan fingerprint density at radius 1 is 1.43 bits per heavy atom. The van der Waals surface area contributed by atoms with Crippen molar-refractivity contribution in [2.45, 2.75) is 6.04 Å². The molecule has 76 valence electrons. The van der Waals surface area contributed by atoms with Crippen molar-refractivity contribution in [2.24, 2.45) is 11.5 Å². The van der Waals surface area contributed by atoms with Gasteiger partial charge in [-0.15, -0.1) is 0 Å². The summed E-state index contributed by atoms with van der Waals surface area (Å²) in [7, 11) is 0. The summed E-state index contributed by atoms with van der Waals surface area (Å²) in [5, 5.41) is 0. The molecule has 1 rings (SSSR count). The summed E-state index contributed by atoms with van der Waals surface area (Å²) in [5.41, 5.74) is 11.4. The van der Waals surface area contributed by atoms with Crippen molar-refractivity contribution < 1.29 is 9.53 Å². The van der Waals surface area contributed by atoms with Crippen LogP contribution in [-0.4, -0.2) is 25.5 Å². The number of hydrogen-bond donors (Lipinski definition) is 2. The first kappa shape index (κ1) is 10.7. The molecule has 0 fully saturated rings. The fourth-order valence-electron chi connectivity index (χ4n) is 0.974. The highest BCUT2D eigenvalue weighted by atomic mass is 16.5. The molecule has 1 unspecified atom stereocenters. The third-order valence-electron chi connectivity index (χ3n) is 1.80. The van der Waals surface area contributed by atoms with E-state index >= 15 is 0 Å². The first-order valence-corrected chi connectivity index (χ1v) is 4.40. The van der Waals surface area contributed by atoms with Crippen molar-refractivity contribution in [2.75, 3.05) is 13.2 Å². The van der Waals surface area contributed by atoms with Gasteiger partial charge in [0.05, 0.1) is 11.6 Å². The number of ether oxygens (including phenoxy) is 1. The Morgan fingerprint density at radius 3 is 2.79 bits per heavy atom. The van der Waals surface area contributed by atoms with E-state index in [2.05, 4.69) is 0 Å². The van der Waals surface area contributed by atoms with Crippen molar-refractivity contribution >= 4 is 6.29 Å². The Balaban J connectivity index is 2.61. The summed E-state index contributed by atoms with van der Waals surface area (Å²) in [4.78, 5) is 10.6. The van der Waals surface area contributed by atoms with E-state index in [1.807, 2.05) is 0 Å². The van der Waals surface area contributed by atoms with Crippen LogP contribution in [0.3, 0.4) is 0 Å². The number of aldehydes is 1. The van der Waals surface area contributed by atoms with Crippen molar-refractivity contribution in [1.82, 2.24) is 0 Å². The average molecular weight is 194 g/mol. The minimum absolute atomic E-state index is 0.199. The quantitative estimate of drug-likeness (QED) is 0.655. The molecule has 0 saturated carbocycles. The smallest absolute Gasteiger partial charge is 0.153 e. The molecule has 0 saturated heterocycles. The van der Waals surface area contributed by atoms with Crippen LogP contribution in [0.2, 0.25) is 0 Å². The summed E-state index contributed by atoms with van der Waals surface area (Å²) in [5.74, 6) is 0.548. The Kier molecular flexibility index (Phi) is 4.10. The van der Waals surface area contributed by atoms with E-state index in [9.17, 15) is 4.79 Å². The highest BCUT2D eigenvalue weighted by molar-refractivity contribution is 5.79. The summed E-state index contributed by atoms with van der Waals surface area (Å²) < 4.78 is 5.34. The lowest BCUT2D eigenvalue weighted by molar-refractivity contribution is 0.111. The number of benzene rings is 1. The van der Waals surface area contributed by atoms with Crippen LogP contribution in [0.1, 0.15) is 10.4 Å². The maximum atomic E-state index is 10.6. The first-order chi connectivity index (χ1) is 6.77. The fourth-order valence-corrected chi connectivity index (χ4v) is 0.974. The second kappa shape index (κ2) is 5.36. The number of para-hydroxylation sites is 1. The largest absolute Gasteiger partial charge is 0.491 e. The van der Waals surface area contributed by atoms with Crippen molar-refractivity contribution in [3.05, 3.63) is 29.8 Å². The Labute approximate surface area is 82.8 Å². The molecule has 0 heterocycles. The van der Waals surface area contributed by atoms with E-state index < -0.39 is 0 Å². The first-order valence-electron chi connectivity index (χ1n) is 4.40. The predicted molar refractivity (Wildman–Crippen MR) is 54.4 cm³/mol. The van der Waals surface area contributed by atoms with E-state index in [-0.39, 0.29) is 6.04 Å². The van der Waals surface area contributed by atoms with Crippen molar-refractivity contribution in [1.29, 1.82) is 0 Å². The van der Waals surface area contributed by atoms with Gasteiger partial charge in [0.15, 0.2) is 6.29 Å². The minimum atomic E-state index is -0.199. The number of rotatable bonds is 5. The van der Waals surface area contributed by atoms with Crippen LogP contribution in [-0.2, 0) is 0 Å². The fraction of sp³-hybridized carbons (Fsp3) is 0.300. The molecule has 1 aromatic rings. The summed E-state index contributed by atoms with van der Waals surface area (Å²) in [6.45, 7) is 0.685. The zero-order valence-electron chi connectivity index (χ0n) is 7.85. The highest BCUT2D eigenvalue weighted by Crippen LogP contribution is 2.15. The van der Waals surface area contributed by atoms with Crippen LogP contribution >= 0.6 is 0 Å². The molecule has 0 amide bonds. The van der Waals surface area contributed by atoms with Gasteiger partial charge in [-0.1, -0.05) is 12.1 Å². The Bertz CT molecular complexity index is 302. The lowest BCUT2D eigenvalue weighted by atomic mass is 10.2. The van der Waals surface area contributed by atoms with E-state index in [1.165, 1.54) is 0 Å². The lowest BCUT2D eigenvalue weighted by Gasteiger charge is -2.11. The number of hydrogen-bond acceptors (Lipinski definition) is 4. The third kappa shape index (κ3) is 2.83. The topological polar surface area (TPSA) is 78.3 Å². The number of carbonyl (C=O) groups is 1. The maximum absolute atomic E-state index is 10.6. The standard InChI is InChI=1S/C10H14N2O2/c11-5-9(12)7-14-10-4-2-1-3-8(10)6-13/h1-4,6,9H,5,7,11-12H2. The molecule has 4 heteroatoms. The maximum Gasteiger partial charge on any atom is 0.153 e. The highest BCUT2D eigenvalue weighted by Gasteiger charge is 2.04. The predicted octanol–water partition coefficient (Wildman–Crippen LogP) is 0.164. The molecular formula is C10H14N2O2. The molecule has 1 aromatic carbocycles. The monoisotopic (exact) mass is 194 g/mol. The number of nitrogens with two attached hydrogens (primary N) is 2. The molecular weight excluding hydrogens is 180 g/mol. The molecule has 0 radical (unpaired) electrons. The van der Waals surface area contributed by atoms with Gasteiger partial charge < -0.3 is 16.2 Å². The van der Waals surface area contributed by atoms with Crippen molar-refractivity contribution in [3.8, 4) is 5.75 Å². The van der Waals surface area contributed by atoms with Gasteiger partial charge in [0, 0.05) is 6.54 Å². The van der Waals surface area contributed by atoms with Crippen LogP contribution in [0.5, 0.6) is 5.75 Å². The molecule has 0 spiro atoms. The van der Waals surface area contributed by atoms with Crippen LogP contribution in [0, 0.1) is 0 Å². The molecule has 4 N–H and O–H groups in total. The molecule has 0 aliphatic carbocycles. The average Bonchev–Trinajstić information content (AvgIpc) is 2.26. The van der Waals surface area contributed by atoms with E-state index in [0.717, 1.165) is 6.29 Å². The Hall–Kier alpha value is -1.39. The lowest BCUT2D eigenvalue weighted by Crippen LogP contribution is -2.35. The molecule has 0 aliphatic rings. The van der Waals surface area contributed by atoms with Gasteiger partial charge in [-0.25, -0.2) is 0 Å². The minimum Gasteiger partial charge on any atom is -0.491 e. The molecule has 0 aromatic heterocycles. The molecule has 14 heavy (non-hydrogen) atoms. The molecule has 4 nitrogen and oxygen atoms in total. The van der Waals surface area contributed by atoms with Crippen LogP contribution in [0.15, 0.2) is 24.3 Å². The van der Waals surface area contributed by atoms with Crippen LogP contribution < -0.4 is 16.2 Å². The van der Waals surface area contributed by atoms with E-state index in [1.54, 1.807) is 24.3 Å². The van der Waals surface area contributed by atoms with Crippen LogP contribution in [0.4, 0.5) is 0 Å². The Morgan fingerprint density at radius 2 is 2.14 bits per heavy atom. The second-order valence-electron chi connectivity index (χ2n) is 2.96. The van der Waals surface area contributed by atoms with Gasteiger partial charge in [0.1, 0.15) is 12.4 Å². The zero-order chi connectivity index (χ0) is 10.4. The molecule has 0 aliphatic heterocycles. The third-order valence-corrected chi connectivity index (χ3v) is 1.80. The molecule has 0 bridgehead atoms. The number of carbonyl (C=O) groups excluding carboxylic acids is 1. The molecule has 1 atom stereocenters. The van der Waals surface area contributed by atoms with E-state index in [4.69, 9.17) is 16.2 Å². The van der Waals surface area contributed by atoms with Gasteiger partial charge in [-0.2, -0.15) is 0 Å². The SMILES string of the molecule is NCC(N)COc1ccccc1C=O. The normalized spacial score (nSPS) is 12.1. The zero-order valence-corrected chi connectivity index (χ0v) is 7.85. The second-order valence-corrected chi connectivity index (χ2v) is 2.96. The summed E-state index contributed by atoms with van der Waals surface area (Å²) in [6, 6.07) is 6.80. The van der Waals surface area contributed by atoms with Crippen molar-refractivity contribution in [3.63, 3.8) is 0 Å². The van der Waals surface area contributed by atoms with Gasteiger partial charge in [0.25, 0.3) is 0 Å².